The van der Waals surface area contributed by atoms with Gasteiger partial charge in [-0.15, -0.1) is 0 Å². The van der Waals surface area contributed by atoms with E-state index in [4.69, 9.17) is 29.0 Å². The number of rotatable bonds is 20. The number of benzene rings is 5. The third kappa shape index (κ3) is 11.3. The van der Waals surface area contributed by atoms with Gasteiger partial charge >= 0.3 is 5.97 Å². The van der Waals surface area contributed by atoms with Crippen LogP contribution in [0.2, 0.25) is 0 Å². The summed E-state index contributed by atoms with van der Waals surface area (Å²) >= 11 is 0. The third-order valence-corrected chi connectivity index (χ3v) is 13.4. The van der Waals surface area contributed by atoms with Crippen molar-refractivity contribution in [3.63, 3.8) is 0 Å². The van der Waals surface area contributed by atoms with Crippen molar-refractivity contribution >= 4 is 76.1 Å². The summed E-state index contributed by atoms with van der Waals surface area (Å²) in [6.45, 7) is -0.804. The number of ether oxygens (including phenoxy) is 4. The van der Waals surface area contributed by atoms with Crippen LogP contribution in [-0.2, 0) is 50.0 Å². The predicted molar refractivity (Wildman–Crippen MR) is 278 cm³/mol. The number of fused-ring (bicyclic) bond motifs is 8. The van der Waals surface area contributed by atoms with Gasteiger partial charge in [-0.1, -0.05) is 36.4 Å². The topological polar surface area (TPSA) is 247 Å². The maximum absolute atomic E-state index is 14.1. The highest BCUT2D eigenvalue weighted by molar-refractivity contribution is 6.15. The number of carbonyl (C=O) groups is 7. The first-order chi connectivity index (χ1) is 36.3. The van der Waals surface area contributed by atoms with E-state index < -0.39 is 42.7 Å². The third-order valence-electron chi connectivity index (χ3n) is 13.4. The number of para-hydroxylation sites is 2. The second kappa shape index (κ2) is 22.4. The number of amides is 6. The largest absolute Gasteiger partial charge is 0.493 e. The quantitative estimate of drug-likeness (QED) is 0.0638. The molecular weight excluding hydrogens is 965 g/mol. The van der Waals surface area contributed by atoms with Crippen molar-refractivity contribution in [1.29, 1.82) is 0 Å². The van der Waals surface area contributed by atoms with Crippen LogP contribution in [0.1, 0.15) is 68.7 Å². The second-order valence-corrected chi connectivity index (χ2v) is 18.4. The van der Waals surface area contributed by atoms with Crippen LogP contribution in [0.3, 0.4) is 0 Å². The minimum Gasteiger partial charge on any atom is -0.493 e. The number of anilines is 4. The maximum atomic E-state index is 14.1. The summed E-state index contributed by atoms with van der Waals surface area (Å²) in [4.78, 5) is 99.3. The molecule has 2 atom stereocenters. The number of carboxylic acids is 1. The lowest BCUT2D eigenvalue weighted by molar-refractivity contribution is -0.137. The number of likely N-dealkylation sites (N-methyl/N-ethyl adjacent to an activating group) is 1. The molecule has 75 heavy (non-hydrogen) atoms. The standard InChI is InChI=1S/C55H56N8O12/c1-61(52(67)29-60-51(66)28-59-50(65)27-58-49(64)14-8-9-15-53(68)69)36-17-32(30-74-47-23-41-39(21-45(47)72-2)54(70)62-37(25-56-41)19-34-10-4-6-12-43(34)62)16-33(18-36)31-75-48-24-42-40(22-46(48)73-3)55(71)63-38(26-57-42)20-35-11-5-7-13-44(35)63/h4-7,10-13,16-18,21-25,37-38,57H,8-9,14-15,19-20,26-31H2,1-3H3,(H,58,64)(H,59,65)(H,60,66)(H,68,69)/t37?,38-/m0/s1. The first-order valence-electron chi connectivity index (χ1n) is 24.5. The molecule has 0 saturated heterocycles. The number of nitrogens with zero attached hydrogens (tertiary/aromatic N) is 4. The molecule has 5 aromatic carbocycles. The van der Waals surface area contributed by atoms with Crippen LogP contribution in [0.25, 0.3) is 0 Å². The van der Waals surface area contributed by atoms with Gasteiger partial charge in [-0.2, -0.15) is 0 Å². The first-order valence-corrected chi connectivity index (χ1v) is 24.5. The lowest BCUT2D eigenvalue weighted by Crippen LogP contribution is -2.44. The van der Waals surface area contributed by atoms with Crippen LogP contribution >= 0.6 is 0 Å². The van der Waals surface area contributed by atoms with Gasteiger partial charge in [0.1, 0.15) is 13.2 Å². The fourth-order valence-electron chi connectivity index (χ4n) is 9.60. The van der Waals surface area contributed by atoms with Gasteiger partial charge in [-0.25, -0.2) is 0 Å². The Hall–Kier alpha value is -8.94. The summed E-state index contributed by atoms with van der Waals surface area (Å²) in [5.74, 6) is -2.19. The molecular formula is C55H56N8O12. The summed E-state index contributed by atoms with van der Waals surface area (Å²) in [5, 5.41) is 19.5. The Bertz CT molecular complexity index is 3120. The molecule has 0 saturated carbocycles. The van der Waals surface area contributed by atoms with Crippen molar-refractivity contribution in [1.82, 2.24) is 16.0 Å². The minimum atomic E-state index is -0.956. The van der Waals surface area contributed by atoms with E-state index >= 15 is 0 Å². The molecule has 0 spiro atoms. The Morgan fingerprint density at radius 1 is 0.680 bits per heavy atom. The SMILES string of the molecule is COc1cc2c(cc1OCc1cc(COc3cc4c(cc3OC)C(=O)N3c5ccccc5C[C@H]3CN4)cc(N(C)C(=O)CNC(=O)CNC(=O)CNC(=O)CCCCC(=O)O)c1)N=CC1Cc3ccccc3N1C2=O. The van der Waals surface area contributed by atoms with Crippen molar-refractivity contribution in [3.8, 4) is 23.0 Å². The van der Waals surface area contributed by atoms with Crippen LogP contribution in [0.5, 0.6) is 23.0 Å². The molecule has 4 aliphatic heterocycles. The highest BCUT2D eigenvalue weighted by Crippen LogP contribution is 2.43. The van der Waals surface area contributed by atoms with Crippen LogP contribution in [0.4, 0.5) is 28.4 Å². The maximum Gasteiger partial charge on any atom is 0.303 e. The smallest absolute Gasteiger partial charge is 0.303 e. The van der Waals surface area contributed by atoms with E-state index in [1.807, 2.05) is 59.5 Å². The van der Waals surface area contributed by atoms with Gasteiger partial charge < -0.3 is 55.1 Å². The molecule has 5 aromatic rings. The average Bonchev–Trinajstić information content (AvgIpc) is 3.91. The van der Waals surface area contributed by atoms with Crippen LogP contribution in [0.15, 0.2) is 96.0 Å². The van der Waals surface area contributed by atoms with Crippen molar-refractivity contribution in [2.45, 2.75) is 63.8 Å². The van der Waals surface area contributed by atoms with Gasteiger partial charge in [0.15, 0.2) is 23.0 Å². The molecule has 6 amide bonds. The van der Waals surface area contributed by atoms with E-state index in [9.17, 15) is 33.6 Å². The van der Waals surface area contributed by atoms with Gasteiger partial charge in [0, 0.05) is 68.3 Å². The zero-order chi connectivity index (χ0) is 52.8. The Kier molecular flexibility index (Phi) is 15.3. The van der Waals surface area contributed by atoms with Gasteiger partial charge in [0.2, 0.25) is 23.6 Å². The first kappa shape index (κ1) is 51.0. The summed E-state index contributed by atoms with van der Waals surface area (Å²) in [6.07, 6.45) is 3.80. The Labute approximate surface area is 432 Å². The zero-order valence-electron chi connectivity index (χ0n) is 41.6. The number of aliphatic carboxylic acids is 1. The fraction of sp³-hybridized carbons (Fsp3) is 0.309. The summed E-state index contributed by atoms with van der Waals surface area (Å²) in [6, 6.07) is 27.4. The molecule has 0 radical (unpaired) electrons. The van der Waals surface area contributed by atoms with Gasteiger partial charge in [0.25, 0.3) is 11.8 Å². The van der Waals surface area contributed by atoms with Gasteiger partial charge in [-0.3, -0.25) is 43.5 Å². The summed E-state index contributed by atoms with van der Waals surface area (Å²) < 4.78 is 24.4. The number of carbonyl (C=O) groups excluding carboxylic acids is 6. The molecule has 0 fully saturated rings. The molecule has 0 aliphatic carbocycles. The molecule has 9 rings (SSSR count). The molecule has 4 aliphatic rings. The number of hydrogen-bond acceptors (Lipinski definition) is 13. The number of carboxylic acid groups (broad SMARTS) is 1. The van der Waals surface area contributed by atoms with Crippen molar-refractivity contribution in [2.24, 2.45) is 4.99 Å². The van der Waals surface area contributed by atoms with Crippen molar-refractivity contribution < 1.29 is 57.6 Å². The molecule has 20 nitrogen and oxygen atoms in total. The monoisotopic (exact) mass is 1020 g/mol. The Morgan fingerprint density at radius 2 is 1.25 bits per heavy atom. The normalized spacial score (nSPS) is 15.6. The Morgan fingerprint density at radius 3 is 1.92 bits per heavy atom. The second-order valence-electron chi connectivity index (χ2n) is 18.4. The molecule has 1 unspecified atom stereocenters. The van der Waals surface area contributed by atoms with Gasteiger partial charge in [0.05, 0.1) is 68.4 Å². The molecule has 5 N–H and O–H groups in total. The summed E-state index contributed by atoms with van der Waals surface area (Å²) in [7, 11) is 4.52. The molecule has 20 heteroatoms. The zero-order valence-corrected chi connectivity index (χ0v) is 41.6. The van der Waals surface area contributed by atoms with E-state index in [2.05, 4.69) is 21.3 Å². The fourth-order valence-corrected chi connectivity index (χ4v) is 9.60. The van der Waals surface area contributed by atoms with E-state index in [1.54, 1.807) is 54.6 Å². The molecule has 0 bridgehead atoms. The molecule has 0 aromatic heterocycles. The van der Waals surface area contributed by atoms with Crippen molar-refractivity contribution in [2.75, 3.05) is 67.5 Å². The van der Waals surface area contributed by atoms with Crippen molar-refractivity contribution in [3.05, 3.63) is 124 Å². The average molecular weight is 1020 g/mol. The number of unbranched alkanes of at least 4 members (excludes halogenated alkanes) is 1. The summed E-state index contributed by atoms with van der Waals surface area (Å²) in [5.41, 5.74) is 7.36. The number of methoxy groups -OCH3 is 2. The van der Waals surface area contributed by atoms with Crippen LogP contribution in [0, 0.1) is 0 Å². The van der Waals surface area contributed by atoms with E-state index in [0.29, 0.717) is 88.1 Å². The Balaban J connectivity index is 0.905. The highest BCUT2D eigenvalue weighted by atomic mass is 16.5. The minimum absolute atomic E-state index is 0.0184. The van der Waals surface area contributed by atoms with E-state index in [0.717, 1.165) is 28.9 Å². The molecule has 388 valence electrons. The molecule has 4 heterocycles. The number of nitrogens with one attached hydrogen (secondary N) is 4. The lowest BCUT2D eigenvalue weighted by Gasteiger charge is -2.23. The number of aliphatic imine (C=N–C) groups is 1. The van der Waals surface area contributed by atoms with E-state index in [-0.39, 0.29) is 56.5 Å². The van der Waals surface area contributed by atoms with Crippen LogP contribution in [-0.4, -0.2) is 112 Å². The highest BCUT2D eigenvalue weighted by Gasteiger charge is 2.39. The number of hydrogen-bond donors (Lipinski definition) is 5. The van der Waals surface area contributed by atoms with Gasteiger partial charge in [-0.05, 0) is 84.0 Å². The van der Waals surface area contributed by atoms with Crippen LogP contribution < -0.4 is 54.9 Å². The lowest BCUT2D eigenvalue weighted by atomic mass is 10.1. The predicted octanol–water partition coefficient (Wildman–Crippen LogP) is 5.10. The van der Waals surface area contributed by atoms with E-state index in [1.165, 1.54) is 19.1 Å².